The summed E-state index contributed by atoms with van der Waals surface area (Å²) in [4.78, 5) is 7.37. The van der Waals surface area contributed by atoms with Crippen LogP contribution in [-0.4, -0.2) is 36.1 Å². The second kappa shape index (κ2) is 7.44. The van der Waals surface area contributed by atoms with Crippen LogP contribution in [0.15, 0.2) is 18.2 Å². The predicted octanol–water partition coefficient (Wildman–Crippen LogP) is 2.59. The number of hydrogen-bond donors (Lipinski definition) is 1. The Hall–Kier alpha value is -0.350. The maximum Gasteiger partial charge on any atom is 0.0581 e. The van der Waals surface area contributed by atoms with E-state index >= 15 is 0 Å². The fourth-order valence-electron chi connectivity index (χ4n) is 2.83. The van der Waals surface area contributed by atoms with Gasteiger partial charge in [-0.1, -0.05) is 6.07 Å². The zero-order chi connectivity index (χ0) is 11.7. The van der Waals surface area contributed by atoms with Gasteiger partial charge in [-0.2, -0.15) is 0 Å². The minimum Gasteiger partial charge on any atom is -0.314 e. The number of aryl methyl sites for hydroxylation is 1. The lowest BCUT2D eigenvalue weighted by molar-refractivity contribution is 0.153. The van der Waals surface area contributed by atoms with E-state index in [0.717, 1.165) is 37.8 Å². The van der Waals surface area contributed by atoms with Gasteiger partial charge in [-0.3, -0.25) is 9.88 Å². The number of nitrogens with one attached hydrogen (secondary N) is 1. The van der Waals surface area contributed by atoms with Gasteiger partial charge in [0.25, 0.3) is 0 Å². The first-order valence-corrected chi connectivity index (χ1v) is 6.73. The van der Waals surface area contributed by atoms with Gasteiger partial charge < -0.3 is 5.32 Å². The molecule has 1 N–H and O–H groups in total. The minimum absolute atomic E-state index is 0. The second-order valence-electron chi connectivity index (χ2n) is 5.27. The third-order valence-corrected chi connectivity index (χ3v) is 3.83. The summed E-state index contributed by atoms with van der Waals surface area (Å²) < 4.78 is 0. The van der Waals surface area contributed by atoms with Crippen molar-refractivity contribution in [1.82, 2.24) is 15.2 Å². The Morgan fingerprint density at radius 2 is 1.89 bits per heavy atom. The van der Waals surface area contributed by atoms with Gasteiger partial charge in [0.05, 0.1) is 11.7 Å². The number of piperazine rings is 1. The minimum atomic E-state index is 0. The third-order valence-electron chi connectivity index (χ3n) is 3.83. The lowest BCUT2D eigenvalue weighted by Gasteiger charge is -2.34. The highest BCUT2D eigenvalue weighted by molar-refractivity contribution is 5.85. The number of pyridine rings is 1. The van der Waals surface area contributed by atoms with Crippen LogP contribution < -0.4 is 5.32 Å². The molecule has 0 amide bonds. The molecule has 1 saturated carbocycles. The van der Waals surface area contributed by atoms with Crippen LogP contribution in [0.3, 0.4) is 0 Å². The molecular weight excluding hydrogens is 281 g/mol. The molecule has 1 saturated heterocycles. The Labute approximate surface area is 128 Å². The van der Waals surface area contributed by atoms with Crippen LogP contribution in [0, 0.1) is 12.8 Å². The molecule has 1 aliphatic heterocycles. The van der Waals surface area contributed by atoms with Crippen molar-refractivity contribution in [2.45, 2.75) is 25.8 Å². The summed E-state index contributed by atoms with van der Waals surface area (Å²) >= 11 is 0. The molecule has 3 rings (SSSR count). The standard InChI is InChI=1S/C14H21N3.2ClH/c1-11-3-2-4-13(16-11)14(12-5-6-12)17-9-7-15-8-10-17;;/h2-4,12,14-15H,5-10H2,1H3;2*1H/t14-;;/m0../s1. The molecule has 3 nitrogen and oxygen atoms in total. The van der Waals surface area contributed by atoms with E-state index in [9.17, 15) is 0 Å². The summed E-state index contributed by atoms with van der Waals surface area (Å²) in [6.45, 7) is 6.66. The number of nitrogens with zero attached hydrogens (tertiary/aromatic N) is 2. The van der Waals surface area contributed by atoms with Crippen LogP contribution in [0.25, 0.3) is 0 Å². The molecule has 0 radical (unpaired) electrons. The van der Waals surface area contributed by atoms with E-state index in [1.165, 1.54) is 18.5 Å². The van der Waals surface area contributed by atoms with Crippen molar-refractivity contribution in [1.29, 1.82) is 0 Å². The van der Waals surface area contributed by atoms with Crippen LogP contribution in [0.2, 0.25) is 0 Å². The average molecular weight is 304 g/mol. The monoisotopic (exact) mass is 303 g/mol. The van der Waals surface area contributed by atoms with Crippen LogP contribution in [0.5, 0.6) is 0 Å². The molecule has 0 bridgehead atoms. The Bertz CT molecular complexity index is 390. The van der Waals surface area contributed by atoms with Crippen LogP contribution >= 0.6 is 24.8 Å². The Balaban J connectivity index is 0.000000902. The molecule has 0 spiro atoms. The lowest BCUT2D eigenvalue weighted by atomic mass is 10.0. The van der Waals surface area contributed by atoms with Gasteiger partial charge in [-0.15, -0.1) is 24.8 Å². The van der Waals surface area contributed by atoms with E-state index in [1.807, 2.05) is 0 Å². The zero-order valence-electron chi connectivity index (χ0n) is 11.3. The van der Waals surface area contributed by atoms with E-state index in [4.69, 9.17) is 4.98 Å². The first kappa shape index (κ1) is 16.7. The van der Waals surface area contributed by atoms with Crippen LogP contribution in [0.1, 0.15) is 30.3 Å². The highest BCUT2D eigenvalue weighted by Crippen LogP contribution is 2.44. The van der Waals surface area contributed by atoms with Gasteiger partial charge in [0.2, 0.25) is 0 Å². The van der Waals surface area contributed by atoms with Crippen molar-refractivity contribution in [2.24, 2.45) is 5.92 Å². The fourth-order valence-corrected chi connectivity index (χ4v) is 2.83. The molecule has 5 heteroatoms. The molecule has 108 valence electrons. The topological polar surface area (TPSA) is 28.2 Å². The molecule has 0 aromatic carbocycles. The third kappa shape index (κ3) is 4.06. The van der Waals surface area contributed by atoms with Gasteiger partial charge in [-0.25, -0.2) is 0 Å². The summed E-state index contributed by atoms with van der Waals surface area (Å²) in [5, 5.41) is 3.43. The molecular formula is C14H23Cl2N3. The van der Waals surface area contributed by atoms with Gasteiger partial charge in [0.15, 0.2) is 0 Å². The molecule has 2 aliphatic rings. The highest BCUT2D eigenvalue weighted by Gasteiger charge is 2.37. The fraction of sp³-hybridized carbons (Fsp3) is 0.643. The molecule has 0 unspecified atom stereocenters. The number of halogens is 2. The SMILES string of the molecule is Cc1cccc([C@H](C2CC2)N2CCNCC2)n1.Cl.Cl. The Kier molecular flexibility index (Phi) is 6.54. The number of aromatic nitrogens is 1. The smallest absolute Gasteiger partial charge is 0.0581 e. The van der Waals surface area contributed by atoms with Gasteiger partial charge >= 0.3 is 0 Å². The molecule has 1 atom stereocenters. The second-order valence-corrected chi connectivity index (χ2v) is 5.27. The quantitative estimate of drug-likeness (QED) is 0.930. The van der Waals surface area contributed by atoms with Crippen molar-refractivity contribution >= 4 is 24.8 Å². The molecule has 19 heavy (non-hydrogen) atoms. The number of rotatable bonds is 3. The van der Waals surface area contributed by atoms with Crippen molar-refractivity contribution in [3.8, 4) is 0 Å². The van der Waals surface area contributed by atoms with Gasteiger partial charge in [0.1, 0.15) is 0 Å². The normalized spacial score (nSPS) is 21.1. The first-order chi connectivity index (χ1) is 8.34. The lowest BCUT2D eigenvalue weighted by Crippen LogP contribution is -2.45. The summed E-state index contributed by atoms with van der Waals surface area (Å²) in [5.74, 6) is 0.849. The van der Waals surface area contributed by atoms with Crippen molar-refractivity contribution < 1.29 is 0 Å². The first-order valence-electron chi connectivity index (χ1n) is 6.73. The molecule has 1 aromatic rings. The highest BCUT2D eigenvalue weighted by atomic mass is 35.5. The average Bonchev–Trinajstić information content (AvgIpc) is 3.15. The largest absolute Gasteiger partial charge is 0.314 e. The number of hydrogen-bond acceptors (Lipinski definition) is 3. The maximum atomic E-state index is 4.75. The predicted molar refractivity (Wildman–Crippen MR) is 83.4 cm³/mol. The summed E-state index contributed by atoms with van der Waals surface area (Å²) in [7, 11) is 0. The van der Waals surface area contributed by atoms with E-state index in [-0.39, 0.29) is 24.8 Å². The van der Waals surface area contributed by atoms with Crippen LogP contribution in [-0.2, 0) is 0 Å². The summed E-state index contributed by atoms with van der Waals surface area (Å²) in [6.07, 6.45) is 2.76. The van der Waals surface area contributed by atoms with Crippen molar-refractivity contribution in [2.75, 3.05) is 26.2 Å². The Morgan fingerprint density at radius 3 is 2.47 bits per heavy atom. The zero-order valence-corrected chi connectivity index (χ0v) is 13.0. The van der Waals surface area contributed by atoms with Crippen molar-refractivity contribution in [3.63, 3.8) is 0 Å². The van der Waals surface area contributed by atoms with E-state index in [0.29, 0.717) is 6.04 Å². The maximum absolute atomic E-state index is 4.75. The van der Waals surface area contributed by atoms with E-state index in [2.05, 4.69) is 35.3 Å². The van der Waals surface area contributed by atoms with E-state index < -0.39 is 0 Å². The summed E-state index contributed by atoms with van der Waals surface area (Å²) in [6, 6.07) is 7.01. The molecule has 2 heterocycles. The van der Waals surface area contributed by atoms with Crippen molar-refractivity contribution in [3.05, 3.63) is 29.6 Å². The van der Waals surface area contributed by atoms with Crippen LogP contribution in [0.4, 0.5) is 0 Å². The molecule has 1 aliphatic carbocycles. The van der Waals surface area contributed by atoms with Gasteiger partial charge in [0, 0.05) is 31.9 Å². The Morgan fingerprint density at radius 1 is 1.21 bits per heavy atom. The van der Waals surface area contributed by atoms with Gasteiger partial charge in [-0.05, 0) is 37.8 Å². The summed E-state index contributed by atoms with van der Waals surface area (Å²) in [5.41, 5.74) is 2.43. The molecule has 1 aromatic heterocycles. The van der Waals surface area contributed by atoms with E-state index in [1.54, 1.807) is 0 Å². The molecule has 2 fully saturated rings.